The molecule has 0 bridgehead atoms. The Morgan fingerprint density at radius 3 is 2.52 bits per heavy atom. The molecule has 3 heterocycles. The number of aromatic nitrogens is 4. The molecule has 0 radical (unpaired) electrons. The SMILES string of the molecule is COc1cc(OCc2ccc(C)cn2)ccc1-c1cnc(-c2ccc(C)nc2)[nH]1. The second kappa shape index (κ2) is 8.14. The van der Waals surface area contributed by atoms with Crippen LogP contribution < -0.4 is 9.47 Å². The van der Waals surface area contributed by atoms with Crippen molar-refractivity contribution in [3.63, 3.8) is 0 Å². The third-order valence-electron chi connectivity index (χ3n) is 4.58. The van der Waals surface area contributed by atoms with Gasteiger partial charge in [0.2, 0.25) is 0 Å². The van der Waals surface area contributed by atoms with Crippen molar-refractivity contribution in [3.05, 3.63) is 78.0 Å². The topological polar surface area (TPSA) is 72.9 Å². The summed E-state index contributed by atoms with van der Waals surface area (Å²) in [5.41, 5.74) is 5.69. The summed E-state index contributed by atoms with van der Waals surface area (Å²) in [6, 6.07) is 13.7. The maximum atomic E-state index is 5.87. The number of aromatic amines is 1. The number of rotatable bonds is 6. The van der Waals surface area contributed by atoms with Gasteiger partial charge in [-0.05, 0) is 49.7 Å². The van der Waals surface area contributed by atoms with Crippen LogP contribution in [0.3, 0.4) is 0 Å². The van der Waals surface area contributed by atoms with E-state index in [0.717, 1.165) is 45.3 Å². The molecule has 4 rings (SSSR count). The lowest BCUT2D eigenvalue weighted by Crippen LogP contribution is -1.99. The first-order valence-corrected chi connectivity index (χ1v) is 9.33. The number of nitrogens with zero attached hydrogens (tertiary/aromatic N) is 3. The van der Waals surface area contributed by atoms with E-state index in [1.54, 1.807) is 13.3 Å². The third-order valence-corrected chi connectivity index (χ3v) is 4.58. The molecular weight excluding hydrogens is 364 g/mol. The Balaban J connectivity index is 1.54. The van der Waals surface area contributed by atoms with Gasteiger partial charge in [0.25, 0.3) is 0 Å². The zero-order valence-corrected chi connectivity index (χ0v) is 16.6. The Morgan fingerprint density at radius 2 is 1.79 bits per heavy atom. The summed E-state index contributed by atoms with van der Waals surface area (Å²) in [6.45, 7) is 4.37. The summed E-state index contributed by atoms with van der Waals surface area (Å²) >= 11 is 0. The zero-order valence-electron chi connectivity index (χ0n) is 16.6. The minimum Gasteiger partial charge on any atom is -0.496 e. The van der Waals surface area contributed by atoms with Gasteiger partial charge in [-0.25, -0.2) is 4.98 Å². The molecule has 0 aliphatic heterocycles. The Bertz CT molecular complexity index is 1100. The molecule has 4 aromatic rings. The Hall–Kier alpha value is -3.67. The molecule has 146 valence electrons. The highest BCUT2D eigenvalue weighted by Crippen LogP contribution is 2.33. The number of ether oxygens (including phenoxy) is 2. The molecule has 0 aliphatic rings. The van der Waals surface area contributed by atoms with Crippen LogP contribution in [0.2, 0.25) is 0 Å². The molecule has 0 amide bonds. The first kappa shape index (κ1) is 18.7. The van der Waals surface area contributed by atoms with E-state index in [9.17, 15) is 0 Å². The van der Waals surface area contributed by atoms with Crippen molar-refractivity contribution in [3.8, 4) is 34.1 Å². The van der Waals surface area contributed by atoms with Crippen LogP contribution in [0.5, 0.6) is 11.5 Å². The van der Waals surface area contributed by atoms with E-state index in [-0.39, 0.29) is 0 Å². The number of aryl methyl sites for hydroxylation is 2. The van der Waals surface area contributed by atoms with Crippen molar-refractivity contribution in [1.29, 1.82) is 0 Å². The van der Waals surface area contributed by atoms with Gasteiger partial charge in [-0.2, -0.15) is 0 Å². The highest BCUT2D eigenvalue weighted by Gasteiger charge is 2.12. The smallest absolute Gasteiger partial charge is 0.139 e. The molecular formula is C23H22N4O2. The van der Waals surface area contributed by atoms with E-state index in [0.29, 0.717) is 12.4 Å². The fourth-order valence-corrected chi connectivity index (χ4v) is 2.94. The van der Waals surface area contributed by atoms with E-state index in [1.165, 1.54) is 0 Å². The fraction of sp³-hybridized carbons (Fsp3) is 0.174. The second-order valence-corrected chi connectivity index (χ2v) is 6.81. The number of hydrogen-bond donors (Lipinski definition) is 1. The number of pyridine rings is 2. The molecule has 0 unspecified atom stereocenters. The third kappa shape index (κ3) is 4.27. The van der Waals surface area contributed by atoms with E-state index in [4.69, 9.17) is 9.47 Å². The van der Waals surface area contributed by atoms with Crippen LogP contribution in [0.4, 0.5) is 0 Å². The standard InChI is InChI=1S/C23H22N4O2/c1-15-4-7-18(25-11-15)14-29-19-8-9-20(22(10-19)28-3)21-13-26-23(27-21)17-6-5-16(2)24-12-17/h4-13H,14H2,1-3H3,(H,26,27). The largest absolute Gasteiger partial charge is 0.496 e. The van der Waals surface area contributed by atoms with Gasteiger partial charge in [0.05, 0.1) is 24.7 Å². The summed E-state index contributed by atoms with van der Waals surface area (Å²) in [7, 11) is 1.64. The van der Waals surface area contributed by atoms with Crippen molar-refractivity contribution in [2.24, 2.45) is 0 Å². The van der Waals surface area contributed by atoms with Crippen LogP contribution >= 0.6 is 0 Å². The van der Waals surface area contributed by atoms with Gasteiger partial charge < -0.3 is 14.5 Å². The van der Waals surface area contributed by atoms with Crippen LogP contribution in [0.1, 0.15) is 17.0 Å². The first-order chi connectivity index (χ1) is 14.1. The van der Waals surface area contributed by atoms with Gasteiger partial charge in [-0.3, -0.25) is 9.97 Å². The molecule has 0 aliphatic carbocycles. The maximum Gasteiger partial charge on any atom is 0.139 e. The molecule has 0 saturated carbocycles. The van der Waals surface area contributed by atoms with Crippen molar-refractivity contribution in [2.75, 3.05) is 7.11 Å². The number of nitrogens with one attached hydrogen (secondary N) is 1. The molecule has 6 nitrogen and oxygen atoms in total. The second-order valence-electron chi connectivity index (χ2n) is 6.81. The summed E-state index contributed by atoms with van der Waals surface area (Å²) in [5, 5.41) is 0. The predicted molar refractivity (Wildman–Crippen MR) is 112 cm³/mol. The summed E-state index contributed by atoms with van der Waals surface area (Å²) < 4.78 is 11.5. The van der Waals surface area contributed by atoms with Crippen molar-refractivity contribution >= 4 is 0 Å². The van der Waals surface area contributed by atoms with Gasteiger partial charge in [0, 0.05) is 35.3 Å². The number of methoxy groups -OCH3 is 1. The van der Waals surface area contributed by atoms with Crippen LogP contribution in [0, 0.1) is 13.8 Å². The summed E-state index contributed by atoms with van der Waals surface area (Å²) in [6.07, 6.45) is 5.44. The van der Waals surface area contributed by atoms with E-state index in [2.05, 4.69) is 19.9 Å². The number of hydrogen-bond acceptors (Lipinski definition) is 5. The zero-order chi connectivity index (χ0) is 20.2. The number of H-pyrrole nitrogens is 1. The molecule has 6 heteroatoms. The molecule has 1 aromatic carbocycles. The lowest BCUT2D eigenvalue weighted by atomic mass is 10.1. The Kier molecular flexibility index (Phi) is 5.24. The molecule has 0 fully saturated rings. The quantitative estimate of drug-likeness (QED) is 0.518. The van der Waals surface area contributed by atoms with E-state index >= 15 is 0 Å². The average molecular weight is 386 g/mol. The minimum atomic E-state index is 0.400. The minimum absolute atomic E-state index is 0.400. The molecule has 0 saturated heterocycles. The molecule has 29 heavy (non-hydrogen) atoms. The lowest BCUT2D eigenvalue weighted by molar-refractivity contribution is 0.299. The van der Waals surface area contributed by atoms with Gasteiger partial charge in [0.15, 0.2) is 0 Å². The van der Waals surface area contributed by atoms with Gasteiger partial charge in [-0.15, -0.1) is 0 Å². The molecule has 0 atom stereocenters. The predicted octanol–water partition coefficient (Wildman–Crippen LogP) is 4.74. The van der Waals surface area contributed by atoms with Crippen LogP contribution in [0.25, 0.3) is 22.6 Å². The number of imidazole rings is 1. The Labute approximate surface area is 169 Å². The summed E-state index contributed by atoms with van der Waals surface area (Å²) in [4.78, 5) is 16.5. The van der Waals surface area contributed by atoms with E-state index in [1.807, 2.05) is 68.7 Å². The summed E-state index contributed by atoms with van der Waals surface area (Å²) in [5.74, 6) is 2.19. The van der Waals surface area contributed by atoms with Gasteiger partial charge in [0.1, 0.15) is 23.9 Å². The lowest BCUT2D eigenvalue weighted by Gasteiger charge is -2.11. The molecule has 3 aromatic heterocycles. The van der Waals surface area contributed by atoms with Gasteiger partial charge in [-0.1, -0.05) is 6.07 Å². The maximum absolute atomic E-state index is 5.87. The van der Waals surface area contributed by atoms with Crippen molar-refractivity contribution in [2.45, 2.75) is 20.5 Å². The van der Waals surface area contributed by atoms with Gasteiger partial charge >= 0.3 is 0 Å². The molecule has 0 spiro atoms. The van der Waals surface area contributed by atoms with E-state index < -0.39 is 0 Å². The molecule has 1 N–H and O–H groups in total. The highest BCUT2D eigenvalue weighted by atomic mass is 16.5. The average Bonchev–Trinajstić information content (AvgIpc) is 3.23. The monoisotopic (exact) mass is 386 g/mol. The normalized spacial score (nSPS) is 10.7. The van der Waals surface area contributed by atoms with Crippen LogP contribution in [-0.4, -0.2) is 27.0 Å². The number of benzene rings is 1. The first-order valence-electron chi connectivity index (χ1n) is 9.33. The fourth-order valence-electron chi connectivity index (χ4n) is 2.94. The van der Waals surface area contributed by atoms with Crippen molar-refractivity contribution in [1.82, 2.24) is 19.9 Å². The van der Waals surface area contributed by atoms with Crippen LogP contribution in [0.15, 0.2) is 61.1 Å². The van der Waals surface area contributed by atoms with Crippen molar-refractivity contribution < 1.29 is 9.47 Å². The van der Waals surface area contributed by atoms with Crippen LogP contribution in [-0.2, 0) is 6.61 Å². The highest BCUT2D eigenvalue weighted by molar-refractivity contribution is 5.70. The Morgan fingerprint density at radius 1 is 0.897 bits per heavy atom.